The molecule has 5 heteroatoms. The minimum atomic E-state index is 0.365. The Hall–Kier alpha value is -1.23. The second-order valence-corrected chi connectivity index (χ2v) is 5.62. The monoisotopic (exact) mass is 264 g/mol. The highest BCUT2D eigenvalue weighted by Crippen LogP contribution is 2.28. The third-order valence-electron chi connectivity index (χ3n) is 3.59. The summed E-state index contributed by atoms with van der Waals surface area (Å²) in [7, 11) is 0. The van der Waals surface area contributed by atoms with E-state index in [-0.39, 0.29) is 0 Å². The summed E-state index contributed by atoms with van der Waals surface area (Å²) in [6.45, 7) is 3.26. The number of aromatic nitrogens is 2. The van der Waals surface area contributed by atoms with Crippen LogP contribution in [0.3, 0.4) is 0 Å². The van der Waals surface area contributed by atoms with E-state index in [0.717, 1.165) is 23.9 Å². The summed E-state index contributed by atoms with van der Waals surface area (Å²) in [5, 5.41) is 11.3. The van der Waals surface area contributed by atoms with Gasteiger partial charge < -0.3 is 11.1 Å². The first-order chi connectivity index (χ1) is 8.66. The minimum absolute atomic E-state index is 0.365. The summed E-state index contributed by atoms with van der Waals surface area (Å²) in [6, 6.07) is 1.81. The van der Waals surface area contributed by atoms with Crippen LogP contribution in [0, 0.1) is 11.8 Å². The van der Waals surface area contributed by atoms with Crippen molar-refractivity contribution in [3.63, 3.8) is 0 Å². The highest BCUT2D eigenvalue weighted by Gasteiger charge is 2.19. The molecule has 1 heterocycles. The van der Waals surface area contributed by atoms with Gasteiger partial charge in [0.25, 0.3) is 0 Å². The number of nitrogens with one attached hydrogen (secondary N) is 1. The van der Waals surface area contributed by atoms with Crippen LogP contribution < -0.4 is 11.1 Å². The number of anilines is 1. The molecule has 4 nitrogen and oxygen atoms in total. The molecule has 18 heavy (non-hydrogen) atoms. The molecule has 1 aromatic rings. The highest BCUT2D eigenvalue weighted by molar-refractivity contribution is 7.80. The number of nitrogens with two attached hydrogens (primary N) is 1. The molecule has 0 spiro atoms. The average molecular weight is 264 g/mol. The molecule has 1 saturated carbocycles. The fourth-order valence-electron chi connectivity index (χ4n) is 2.65. The van der Waals surface area contributed by atoms with Gasteiger partial charge in [0.05, 0.1) is 11.8 Å². The number of thiocarbonyl (C=S) groups is 1. The van der Waals surface area contributed by atoms with Gasteiger partial charge in [0.15, 0.2) is 5.82 Å². The first-order valence-corrected chi connectivity index (χ1v) is 6.93. The van der Waals surface area contributed by atoms with E-state index >= 15 is 0 Å². The van der Waals surface area contributed by atoms with E-state index in [0.29, 0.717) is 10.8 Å². The Balaban J connectivity index is 1.95. The van der Waals surface area contributed by atoms with Crippen molar-refractivity contribution in [2.75, 3.05) is 11.9 Å². The summed E-state index contributed by atoms with van der Waals surface area (Å²) in [4.78, 5) is 0.365. The third kappa shape index (κ3) is 3.38. The average Bonchev–Trinajstić information content (AvgIpc) is 2.37. The van der Waals surface area contributed by atoms with Crippen LogP contribution in [0.1, 0.15) is 38.2 Å². The molecule has 1 fully saturated rings. The van der Waals surface area contributed by atoms with Gasteiger partial charge in [0, 0.05) is 6.54 Å². The van der Waals surface area contributed by atoms with E-state index in [4.69, 9.17) is 18.0 Å². The summed E-state index contributed by atoms with van der Waals surface area (Å²) in [6.07, 6.45) is 6.88. The molecule has 3 N–H and O–H groups in total. The second-order valence-electron chi connectivity index (χ2n) is 5.18. The molecule has 0 saturated heterocycles. The first kappa shape index (κ1) is 13.2. The lowest BCUT2D eigenvalue weighted by Crippen LogP contribution is -2.23. The van der Waals surface area contributed by atoms with Crippen molar-refractivity contribution in [1.82, 2.24) is 10.2 Å². The Bertz CT molecular complexity index is 421. The second kappa shape index (κ2) is 6.09. The largest absolute Gasteiger partial charge is 0.389 e. The van der Waals surface area contributed by atoms with Gasteiger partial charge in [0.2, 0.25) is 0 Å². The van der Waals surface area contributed by atoms with Gasteiger partial charge >= 0.3 is 0 Å². The van der Waals surface area contributed by atoms with Crippen LogP contribution in [0.5, 0.6) is 0 Å². The number of hydrogen-bond acceptors (Lipinski definition) is 4. The Kier molecular flexibility index (Phi) is 4.47. The number of nitrogens with zero attached hydrogens (tertiary/aromatic N) is 2. The van der Waals surface area contributed by atoms with Crippen LogP contribution in [0.15, 0.2) is 12.3 Å². The molecule has 1 aliphatic carbocycles. The van der Waals surface area contributed by atoms with Crippen molar-refractivity contribution < 1.29 is 0 Å². The van der Waals surface area contributed by atoms with Gasteiger partial charge in [-0.05, 0) is 30.7 Å². The van der Waals surface area contributed by atoms with E-state index in [1.807, 2.05) is 0 Å². The molecule has 0 radical (unpaired) electrons. The van der Waals surface area contributed by atoms with Crippen LogP contribution in [-0.4, -0.2) is 21.7 Å². The fourth-order valence-corrected chi connectivity index (χ4v) is 2.81. The zero-order valence-electron chi connectivity index (χ0n) is 10.7. The van der Waals surface area contributed by atoms with E-state index in [1.165, 1.54) is 25.7 Å². The molecule has 0 bridgehead atoms. The number of hydrogen-bond donors (Lipinski definition) is 2. The predicted molar refractivity (Wildman–Crippen MR) is 77.5 cm³/mol. The number of rotatable bonds is 4. The summed E-state index contributed by atoms with van der Waals surface area (Å²) in [5.41, 5.74) is 6.45. The summed E-state index contributed by atoms with van der Waals surface area (Å²) < 4.78 is 0. The molecule has 1 aromatic heterocycles. The zero-order valence-corrected chi connectivity index (χ0v) is 11.5. The molecule has 0 amide bonds. The molecular formula is C13H20N4S. The molecule has 1 aliphatic rings. The van der Waals surface area contributed by atoms with Crippen LogP contribution >= 0.6 is 12.2 Å². The maximum absolute atomic E-state index is 5.67. The van der Waals surface area contributed by atoms with Gasteiger partial charge in [-0.1, -0.05) is 32.0 Å². The summed E-state index contributed by atoms with van der Waals surface area (Å²) >= 11 is 5.01. The molecule has 2 unspecified atom stereocenters. The van der Waals surface area contributed by atoms with Gasteiger partial charge in [-0.15, -0.1) is 5.10 Å². The molecule has 2 rings (SSSR count). The first-order valence-electron chi connectivity index (χ1n) is 6.52. The normalized spacial score (nSPS) is 23.6. The van der Waals surface area contributed by atoms with E-state index in [1.54, 1.807) is 12.3 Å². The Morgan fingerprint density at radius 2 is 2.39 bits per heavy atom. The Labute approximate surface area is 113 Å². The SMILES string of the molecule is CC1CCCC(CNc2nnccc2C(N)=S)C1. The smallest absolute Gasteiger partial charge is 0.158 e. The molecule has 0 aromatic carbocycles. The molecule has 2 atom stereocenters. The minimum Gasteiger partial charge on any atom is -0.389 e. The lowest BCUT2D eigenvalue weighted by atomic mass is 9.82. The maximum Gasteiger partial charge on any atom is 0.158 e. The van der Waals surface area contributed by atoms with Gasteiger partial charge in [-0.3, -0.25) is 0 Å². The third-order valence-corrected chi connectivity index (χ3v) is 3.81. The van der Waals surface area contributed by atoms with Gasteiger partial charge in [-0.25, -0.2) is 0 Å². The van der Waals surface area contributed by atoms with Crippen molar-refractivity contribution in [2.45, 2.75) is 32.6 Å². The van der Waals surface area contributed by atoms with E-state index in [9.17, 15) is 0 Å². The quantitative estimate of drug-likeness (QED) is 0.817. The van der Waals surface area contributed by atoms with Crippen molar-refractivity contribution in [1.29, 1.82) is 0 Å². The molecular weight excluding hydrogens is 244 g/mol. The Morgan fingerprint density at radius 3 is 3.11 bits per heavy atom. The predicted octanol–water partition coefficient (Wildman–Crippen LogP) is 2.35. The maximum atomic E-state index is 5.67. The Morgan fingerprint density at radius 1 is 1.56 bits per heavy atom. The fraction of sp³-hybridized carbons (Fsp3) is 0.615. The van der Waals surface area contributed by atoms with Crippen LogP contribution in [0.25, 0.3) is 0 Å². The molecule has 98 valence electrons. The summed E-state index contributed by atoms with van der Waals surface area (Å²) in [5.74, 6) is 2.26. The topological polar surface area (TPSA) is 63.8 Å². The standard InChI is InChI=1S/C13H20N4S/c1-9-3-2-4-10(7-9)8-15-13-11(12(14)18)5-6-16-17-13/h5-6,9-10H,2-4,7-8H2,1H3,(H2,14,18)(H,15,17). The lowest BCUT2D eigenvalue weighted by molar-refractivity contribution is 0.293. The van der Waals surface area contributed by atoms with Crippen molar-refractivity contribution in [3.8, 4) is 0 Å². The van der Waals surface area contributed by atoms with E-state index in [2.05, 4.69) is 22.4 Å². The van der Waals surface area contributed by atoms with Gasteiger partial charge in [0.1, 0.15) is 4.99 Å². The van der Waals surface area contributed by atoms with Crippen LogP contribution in [-0.2, 0) is 0 Å². The highest BCUT2D eigenvalue weighted by atomic mass is 32.1. The van der Waals surface area contributed by atoms with Gasteiger partial charge in [-0.2, -0.15) is 5.10 Å². The lowest BCUT2D eigenvalue weighted by Gasteiger charge is -2.27. The molecule has 0 aliphatic heterocycles. The van der Waals surface area contributed by atoms with Crippen molar-refractivity contribution >= 4 is 23.0 Å². The van der Waals surface area contributed by atoms with Crippen molar-refractivity contribution in [2.24, 2.45) is 17.6 Å². The van der Waals surface area contributed by atoms with Crippen LogP contribution in [0.4, 0.5) is 5.82 Å². The zero-order chi connectivity index (χ0) is 13.0. The van der Waals surface area contributed by atoms with E-state index < -0.39 is 0 Å². The van der Waals surface area contributed by atoms with Crippen molar-refractivity contribution in [3.05, 3.63) is 17.8 Å². The van der Waals surface area contributed by atoms with Crippen LogP contribution in [0.2, 0.25) is 0 Å².